The van der Waals surface area contributed by atoms with Crippen LogP contribution in [-0.4, -0.2) is 59.4 Å². The van der Waals surface area contributed by atoms with Gasteiger partial charge in [0, 0.05) is 31.7 Å². The summed E-state index contributed by atoms with van der Waals surface area (Å²) in [5.74, 6) is -0.953. The van der Waals surface area contributed by atoms with Crippen LogP contribution >= 0.6 is 0 Å². The highest BCUT2D eigenvalue weighted by atomic mass is 16.4. The van der Waals surface area contributed by atoms with Crippen molar-refractivity contribution < 1.29 is 15.0 Å². The van der Waals surface area contributed by atoms with E-state index < -0.39 is 5.97 Å². The Morgan fingerprint density at radius 2 is 2.12 bits per heavy atom. The number of nitrogens with one attached hydrogen (secondary N) is 1. The van der Waals surface area contributed by atoms with Gasteiger partial charge in [-0.15, -0.1) is 0 Å². The quantitative estimate of drug-likeness (QED) is 0.627. The van der Waals surface area contributed by atoms with Gasteiger partial charge in [-0.25, -0.2) is 0 Å². The molecule has 2 rings (SSSR count). The standard InChI is InChI=1S/C12H22N2O3/c15-5-4-13-10-6-9(12(16)17)7-14(8-10)11-2-1-3-11/h9-11,13,15H,1-8H2,(H,16,17). The molecular weight excluding hydrogens is 220 g/mol. The smallest absolute Gasteiger partial charge is 0.307 e. The summed E-state index contributed by atoms with van der Waals surface area (Å²) in [5, 5.41) is 21.2. The number of nitrogens with zero attached hydrogens (tertiary/aromatic N) is 1. The summed E-state index contributed by atoms with van der Waals surface area (Å²) in [6.45, 7) is 2.28. The first-order valence-corrected chi connectivity index (χ1v) is 6.52. The van der Waals surface area contributed by atoms with Gasteiger partial charge in [-0.1, -0.05) is 6.42 Å². The second-order valence-corrected chi connectivity index (χ2v) is 5.18. The Hall–Kier alpha value is -0.650. The molecule has 1 heterocycles. The third kappa shape index (κ3) is 3.18. The third-order valence-corrected chi connectivity index (χ3v) is 3.96. The Bertz CT molecular complexity index is 268. The van der Waals surface area contributed by atoms with Crippen molar-refractivity contribution in [1.82, 2.24) is 10.2 Å². The summed E-state index contributed by atoms with van der Waals surface area (Å²) in [4.78, 5) is 13.5. The van der Waals surface area contributed by atoms with E-state index in [9.17, 15) is 4.79 Å². The molecule has 0 aromatic carbocycles. The molecule has 5 heteroatoms. The summed E-state index contributed by atoms with van der Waals surface area (Å²) in [6.07, 6.45) is 4.37. The van der Waals surface area contributed by atoms with Gasteiger partial charge >= 0.3 is 5.97 Å². The second kappa shape index (κ2) is 5.80. The average molecular weight is 242 g/mol. The third-order valence-electron chi connectivity index (χ3n) is 3.96. The highest BCUT2D eigenvalue weighted by Gasteiger charge is 2.36. The summed E-state index contributed by atoms with van der Waals surface area (Å²) in [6, 6.07) is 0.799. The fourth-order valence-corrected chi connectivity index (χ4v) is 2.78. The normalized spacial score (nSPS) is 31.1. The first-order valence-electron chi connectivity index (χ1n) is 6.52. The summed E-state index contributed by atoms with van der Waals surface area (Å²) >= 11 is 0. The van der Waals surface area contributed by atoms with Crippen molar-refractivity contribution in [2.45, 2.75) is 37.8 Å². The molecule has 0 bridgehead atoms. The number of rotatable bonds is 5. The molecule has 17 heavy (non-hydrogen) atoms. The van der Waals surface area contributed by atoms with Gasteiger partial charge in [-0.2, -0.15) is 0 Å². The van der Waals surface area contributed by atoms with E-state index in [0.29, 0.717) is 25.6 Å². The number of hydrogen-bond acceptors (Lipinski definition) is 4. The minimum absolute atomic E-state index is 0.109. The number of aliphatic carboxylic acids is 1. The van der Waals surface area contributed by atoms with Crippen molar-refractivity contribution in [3.63, 3.8) is 0 Å². The first-order chi connectivity index (χ1) is 8.20. The van der Waals surface area contributed by atoms with E-state index in [1.807, 2.05) is 0 Å². The molecule has 98 valence electrons. The Kier molecular flexibility index (Phi) is 4.36. The van der Waals surface area contributed by atoms with E-state index in [0.717, 1.165) is 6.54 Å². The maximum atomic E-state index is 11.1. The van der Waals surface area contributed by atoms with Crippen LogP contribution in [0, 0.1) is 5.92 Å². The molecule has 2 unspecified atom stereocenters. The number of carboxylic acids is 1. The van der Waals surface area contributed by atoms with Gasteiger partial charge in [-0.05, 0) is 19.3 Å². The average Bonchev–Trinajstić information content (AvgIpc) is 2.23. The fraction of sp³-hybridized carbons (Fsp3) is 0.917. The van der Waals surface area contributed by atoms with Gasteiger partial charge in [0.25, 0.3) is 0 Å². The molecule has 2 aliphatic rings. The van der Waals surface area contributed by atoms with Crippen LogP contribution in [-0.2, 0) is 4.79 Å². The lowest BCUT2D eigenvalue weighted by molar-refractivity contribution is -0.144. The molecule has 2 atom stereocenters. The fourth-order valence-electron chi connectivity index (χ4n) is 2.78. The van der Waals surface area contributed by atoms with Crippen LogP contribution in [0.15, 0.2) is 0 Å². The molecule has 2 fully saturated rings. The molecule has 0 aromatic heterocycles. The van der Waals surface area contributed by atoms with Crippen LogP contribution in [0.4, 0.5) is 0 Å². The molecular formula is C12H22N2O3. The van der Waals surface area contributed by atoms with Crippen molar-refractivity contribution in [3.05, 3.63) is 0 Å². The lowest BCUT2D eigenvalue weighted by Crippen LogP contribution is -2.55. The summed E-state index contributed by atoms with van der Waals surface area (Å²) in [7, 11) is 0. The van der Waals surface area contributed by atoms with Crippen molar-refractivity contribution in [2.24, 2.45) is 5.92 Å². The SMILES string of the molecule is O=C(O)C1CC(NCCO)CN(C2CCC2)C1. The summed E-state index contributed by atoms with van der Waals surface area (Å²) < 4.78 is 0. The van der Waals surface area contributed by atoms with Crippen molar-refractivity contribution in [3.8, 4) is 0 Å². The lowest BCUT2D eigenvalue weighted by atomic mass is 9.86. The second-order valence-electron chi connectivity index (χ2n) is 5.18. The number of likely N-dealkylation sites (tertiary alicyclic amines) is 1. The van der Waals surface area contributed by atoms with Gasteiger partial charge in [0.15, 0.2) is 0 Å². The highest BCUT2D eigenvalue weighted by molar-refractivity contribution is 5.70. The number of carboxylic acid groups (broad SMARTS) is 1. The lowest BCUT2D eigenvalue weighted by Gasteiger charge is -2.44. The van der Waals surface area contributed by atoms with Crippen LogP contribution in [0.3, 0.4) is 0 Å². The molecule has 0 aromatic rings. The van der Waals surface area contributed by atoms with E-state index in [2.05, 4.69) is 10.2 Å². The Morgan fingerprint density at radius 3 is 2.65 bits per heavy atom. The van der Waals surface area contributed by atoms with Gasteiger partial charge in [0.2, 0.25) is 0 Å². The molecule has 0 radical (unpaired) electrons. The maximum absolute atomic E-state index is 11.1. The zero-order chi connectivity index (χ0) is 12.3. The molecule has 1 saturated heterocycles. The number of carbonyl (C=O) groups is 1. The predicted octanol–water partition coefficient (Wildman–Crippen LogP) is -0.104. The monoisotopic (exact) mass is 242 g/mol. The number of aliphatic hydroxyl groups is 1. The zero-order valence-electron chi connectivity index (χ0n) is 10.1. The van der Waals surface area contributed by atoms with Crippen LogP contribution in [0.1, 0.15) is 25.7 Å². The van der Waals surface area contributed by atoms with Crippen molar-refractivity contribution in [2.75, 3.05) is 26.2 Å². The minimum atomic E-state index is -0.690. The van der Waals surface area contributed by atoms with Crippen LogP contribution < -0.4 is 5.32 Å². The van der Waals surface area contributed by atoms with E-state index in [1.165, 1.54) is 19.3 Å². The Morgan fingerprint density at radius 1 is 1.35 bits per heavy atom. The highest BCUT2D eigenvalue weighted by Crippen LogP contribution is 2.29. The van der Waals surface area contributed by atoms with Crippen molar-refractivity contribution >= 4 is 5.97 Å². The van der Waals surface area contributed by atoms with Gasteiger partial charge in [-0.3, -0.25) is 9.69 Å². The number of hydrogen-bond donors (Lipinski definition) is 3. The first kappa shape index (κ1) is 12.8. The number of piperidine rings is 1. The molecule has 1 saturated carbocycles. The molecule has 0 spiro atoms. The Balaban J connectivity index is 1.91. The topological polar surface area (TPSA) is 72.8 Å². The van der Waals surface area contributed by atoms with E-state index in [1.54, 1.807) is 0 Å². The van der Waals surface area contributed by atoms with E-state index >= 15 is 0 Å². The van der Waals surface area contributed by atoms with Gasteiger partial charge in [0.1, 0.15) is 0 Å². The largest absolute Gasteiger partial charge is 0.481 e. The predicted molar refractivity (Wildman–Crippen MR) is 63.8 cm³/mol. The molecule has 3 N–H and O–H groups in total. The number of aliphatic hydroxyl groups excluding tert-OH is 1. The van der Waals surface area contributed by atoms with E-state index in [4.69, 9.17) is 10.2 Å². The van der Waals surface area contributed by atoms with E-state index in [-0.39, 0.29) is 18.6 Å². The van der Waals surface area contributed by atoms with Crippen LogP contribution in [0.5, 0.6) is 0 Å². The molecule has 0 amide bonds. The minimum Gasteiger partial charge on any atom is -0.481 e. The zero-order valence-corrected chi connectivity index (χ0v) is 10.1. The molecule has 5 nitrogen and oxygen atoms in total. The van der Waals surface area contributed by atoms with Gasteiger partial charge < -0.3 is 15.5 Å². The van der Waals surface area contributed by atoms with Crippen molar-refractivity contribution in [1.29, 1.82) is 0 Å². The van der Waals surface area contributed by atoms with Crippen LogP contribution in [0.25, 0.3) is 0 Å². The van der Waals surface area contributed by atoms with Crippen LogP contribution in [0.2, 0.25) is 0 Å². The summed E-state index contributed by atoms with van der Waals surface area (Å²) in [5.41, 5.74) is 0. The van der Waals surface area contributed by atoms with Gasteiger partial charge in [0.05, 0.1) is 12.5 Å². The molecule has 1 aliphatic carbocycles. The maximum Gasteiger partial charge on any atom is 0.307 e. The molecule has 1 aliphatic heterocycles. The Labute approximate surface area is 102 Å².